The molecular weight excluding hydrogens is 286 g/mol. The van der Waals surface area contributed by atoms with Crippen LogP contribution in [0.1, 0.15) is 5.56 Å². The molecule has 0 aromatic heterocycles. The Balaban J connectivity index is 2.24. The van der Waals surface area contributed by atoms with Crippen molar-refractivity contribution in [3.8, 4) is 0 Å². The summed E-state index contributed by atoms with van der Waals surface area (Å²) in [5.41, 5.74) is 0.382. The standard InChI is InChI=1S/C12H14ClN3O4/c13-9-2-1-8(10(5-9)16(19)20)7-15-4-3-14-6-11(15)12(17)18/h1-2,5,11,14H,3-4,6-7H2,(H,17,18). The van der Waals surface area contributed by atoms with Gasteiger partial charge in [-0.05, 0) is 12.1 Å². The van der Waals surface area contributed by atoms with Crippen molar-refractivity contribution in [1.29, 1.82) is 0 Å². The summed E-state index contributed by atoms with van der Waals surface area (Å²) in [6.45, 7) is 1.73. The van der Waals surface area contributed by atoms with Gasteiger partial charge >= 0.3 is 5.97 Å². The minimum Gasteiger partial charge on any atom is -0.480 e. The fourth-order valence-corrected chi connectivity index (χ4v) is 2.40. The summed E-state index contributed by atoms with van der Waals surface area (Å²) in [5.74, 6) is -0.936. The van der Waals surface area contributed by atoms with E-state index >= 15 is 0 Å². The minimum atomic E-state index is -0.936. The molecule has 8 heteroatoms. The number of nitro groups is 1. The lowest BCUT2D eigenvalue weighted by Crippen LogP contribution is -2.54. The molecule has 1 fully saturated rings. The normalized spacial score (nSPS) is 19.8. The first kappa shape index (κ1) is 14.7. The first-order valence-electron chi connectivity index (χ1n) is 6.09. The Labute approximate surface area is 120 Å². The molecule has 1 aromatic rings. The molecule has 1 aliphatic heterocycles. The van der Waals surface area contributed by atoms with Gasteiger partial charge in [0.1, 0.15) is 6.04 Å². The molecule has 1 saturated heterocycles. The third-order valence-corrected chi connectivity index (χ3v) is 3.49. The highest BCUT2D eigenvalue weighted by atomic mass is 35.5. The number of benzene rings is 1. The molecule has 1 unspecified atom stereocenters. The molecule has 1 heterocycles. The van der Waals surface area contributed by atoms with E-state index in [1.165, 1.54) is 6.07 Å². The third-order valence-electron chi connectivity index (χ3n) is 3.26. The lowest BCUT2D eigenvalue weighted by atomic mass is 10.1. The van der Waals surface area contributed by atoms with Crippen molar-refractivity contribution < 1.29 is 14.8 Å². The van der Waals surface area contributed by atoms with Crippen LogP contribution in [-0.4, -0.2) is 46.6 Å². The Bertz CT molecular complexity index is 537. The van der Waals surface area contributed by atoms with E-state index in [-0.39, 0.29) is 17.3 Å². The number of carboxylic acids is 1. The number of nitrogens with one attached hydrogen (secondary N) is 1. The molecule has 1 atom stereocenters. The van der Waals surface area contributed by atoms with Crippen molar-refractivity contribution in [2.24, 2.45) is 0 Å². The largest absolute Gasteiger partial charge is 0.480 e. The summed E-state index contributed by atoms with van der Waals surface area (Å²) in [5, 5.41) is 23.5. The van der Waals surface area contributed by atoms with Crippen LogP contribution in [0.2, 0.25) is 5.02 Å². The zero-order valence-electron chi connectivity index (χ0n) is 10.6. The highest BCUT2D eigenvalue weighted by molar-refractivity contribution is 6.30. The molecular formula is C12H14ClN3O4. The fraction of sp³-hybridized carbons (Fsp3) is 0.417. The molecule has 0 amide bonds. The summed E-state index contributed by atoms with van der Waals surface area (Å²) < 4.78 is 0. The number of nitrogens with zero attached hydrogens (tertiary/aromatic N) is 2. The van der Waals surface area contributed by atoms with Crippen molar-refractivity contribution >= 4 is 23.3 Å². The number of hydrogen-bond donors (Lipinski definition) is 2. The van der Waals surface area contributed by atoms with Crippen molar-refractivity contribution in [2.75, 3.05) is 19.6 Å². The van der Waals surface area contributed by atoms with Crippen LogP contribution >= 0.6 is 11.6 Å². The minimum absolute atomic E-state index is 0.0832. The van der Waals surface area contributed by atoms with Crippen molar-refractivity contribution in [1.82, 2.24) is 10.2 Å². The smallest absolute Gasteiger partial charge is 0.322 e. The van der Waals surface area contributed by atoms with Crippen LogP contribution < -0.4 is 5.32 Å². The number of rotatable bonds is 4. The van der Waals surface area contributed by atoms with Crippen molar-refractivity contribution in [2.45, 2.75) is 12.6 Å². The SMILES string of the molecule is O=C(O)C1CNCCN1Cc1ccc(Cl)cc1[N+](=O)[O-]. The molecule has 2 N–H and O–H groups in total. The van der Waals surface area contributed by atoms with Crippen molar-refractivity contribution in [3.05, 3.63) is 38.9 Å². The van der Waals surface area contributed by atoms with E-state index in [1.54, 1.807) is 17.0 Å². The van der Waals surface area contributed by atoms with Gasteiger partial charge in [-0.2, -0.15) is 0 Å². The predicted octanol–water partition coefficient (Wildman–Crippen LogP) is 1.11. The van der Waals surface area contributed by atoms with Gasteiger partial charge in [-0.25, -0.2) is 0 Å². The zero-order valence-corrected chi connectivity index (χ0v) is 11.3. The van der Waals surface area contributed by atoms with E-state index in [0.717, 1.165) is 0 Å². The van der Waals surface area contributed by atoms with Crippen LogP contribution in [0.5, 0.6) is 0 Å². The van der Waals surface area contributed by atoms with Gasteiger partial charge in [0.2, 0.25) is 0 Å². The second-order valence-electron chi connectivity index (χ2n) is 4.56. The maximum atomic E-state index is 11.2. The van der Waals surface area contributed by atoms with Gasteiger partial charge in [0.25, 0.3) is 5.69 Å². The van der Waals surface area contributed by atoms with Crippen molar-refractivity contribution in [3.63, 3.8) is 0 Å². The summed E-state index contributed by atoms with van der Waals surface area (Å²) in [4.78, 5) is 23.4. The van der Waals surface area contributed by atoms with E-state index in [2.05, 4.69) is 5.32 Å². The fourth-order valence-electron chi connectivity index (χ4n) is 2.24. The van der Waals surface area contributed by atoms with E-state index in [1.807, 2.05) is 0 Å². The van der Waals surface area contributed by atoms with Gasteiger partial charge in [-0.1, -0.05) is 11.6 Å². The molecule has 0 radical (unpaired) electrons. The molecule has 0 bridgehead atoms. The second kappa shape index (κ2) is 6.17. The Morgan fingerprint density at radius 3 is 3.00 bits per heavy atom. The van der Waals surface area contributed by atoms with Crippen LogP contribution in [0.3, 0.4) is 0 Å². The Morgan fingerprint density at radius 1 is 1.60 bits per heavy atom. The molecule has 1 aliphatic rings. The number of carboxylic acid groups (broad SMARTS) is 1. The summed E-state index contributed by atoms with van der Waals surface area (Å²) in [7, 11) is 0. The van der Waals surface area contributed by atoms with Gasteiger partial charge in [-0.3, -0.25) is 19.8 Å². The molecule has 0 aliphatic carbocycles. The third kappa shape index (κ3) is 3.24. The first-order chi connectivity index (χ1) is 9.49. The number of nitro benzene ring substituents is 1. The number of carbonyl (C=O) groups is 1. The van der Waals surface area contributed by atoms with Gasteiger partial charge in [0, 0.05) is 42.8 Å². The van der Waals surface area contributed by atoms with E-state index in [0.29, 0.717) is 25.2 Å². The predicted molar refractivity (Wildman–Crippen MR) is 72.8 cm³/mol. The van der Waals surface area contributed by atoms with E-state index < -0.39 is 16.9 Å². The van der Waals surface area contributed by atoms with Crippen LogP contribution in [-0.2, 0) is 11.3 Å². The number of piperazine rings is 1. The van der Waals surface area contributed by atoms with E-state index in [9.17, 15) is 20.0 Å². The number of hydrogen-bond acceptors (Lipinski definition) is 5. The molecule has 1 aromatic carbocycles. The average Bonchev–Trinajstić information content (AvgIpc) is 2.41. The quantitative estimate of drug-likeness (QED) is 0.638. The molecule has 7 nitrogen and oxygen atoms in total. The van der Waals surface area contributed by atoms with Gasteiger partial charge < -0.3 is 10.4 Å². The van der Waals surface area contributed by atoms with Crippen LogP contribution in [0.25, 0.3) is 0 Å². The highest BCUT2D eigenvalue weighted by Crippen LogP contribution is 2.25. The van der Waals surface area contributed by atoms with Crippen LogP contribution in [0.4, 0.5) is 5.69 Å². The van der Waals surface area contributed by atoms with Crippen LogP contribution in [0, 0.1) is 10.1 Å². The van der Waals surface area contributed by atoms with Gasteiger partial charge in [0.05, 0.1) is 4.92 Å². The lowest BCUT2D eigenvalue weighted by molar-refractivity contribution is -0.385. The van der Waals surface area contributed by atoms with Gasteiger partial charge in [-0.15, -0.1) is 0 Å². The maximum Gasteiger partial charge on any atom is 0.322 e. The highest BCUT2D eigenvalue weighted by Gasteiger charge is 2.29. The lowest BCUT2D eigenvalue weighted by Gasteiger charge is -2.33. The Kier molecular flexibility index (Phi) is 4.53. The van der Waals surface area contributed by atoms with Crippen LogP contribution in [0.15, 0.2) is 18.2 Å². The summed E-state index contributed by atoms with van der Waals surface area (Å²) in [6, 6.07) is 3.75. The average molecular weight is 300 g/mol. The topological polar surface area (TPSA) is 95.7 Å². The van der Waals surface area contributed by atoms with E-state index in [4.69, 9.17) is 11.6 Å². The molecule has 0 saturated carbocycles. The second-order valence-corrected chi connectivity index (χ2v) is 5.00. The summed E-state index contributed by atoms with van der Waals surface area (Å²) >= 11 is 5.76. The number of aliphatic carboxylic acids is 1. The first-order valence-corrected chi connectivity index (χ1v) is 6.47. The molecule has 2 rings (SSSR count). The monoisotopic (exact) mass is 299 g/mol. The zero-order chi connectivity index (χ0) is 14.7. The Morgan fingerprint density at radius 2 is 2.35 bits per heavy atom. The summed E-state index contributed by atoms with van der Waals surface area (Å²) in [6.07, 6.45) is 0. The molecule has 0 spiro atoms. The molecule has 108 valence electrons. The maximum absolute atomic E-state index is 11.2. The van der Waals surface area contributed by atoms with Gasteiger partial charge in [0.15, 0.2) is 0 Å². The Hall–Kier alpha value is -1.70. The number of halogens is 1. The molecule has 20 heavy (non-hydrogen) atoms.